The molecule has 3 aromatic rings. The summed E-state index contributed by atoms with van der Waals surface area (Å²) in [5.74, 6) is 2.07. The molecule has 0 saturated carbocycles. The summed E-state index contributed by atoms with van der Waals surface area (Å²) in [5, 5.41) is 11.6. The van der Waals surface area contributed by atoms with Gasteiger partial charge >= 0.3 is 0 Å². The van der Waals surface area contributed by atoms with Crippen LogP contribution in [0.4, 0.5) is 0 Å². The number of hydrogen-bond donors (Lipinski definition) is 1. The quantitative estimate of drug-likeness (QED) is 0.676. The van der Waals surface area contributed by atoms with Gasteiger partial charge in [-0.05, 0) is 17.2 Å². The first-order chi connectivity index (χ1) is 13.7. The van der Waals surface area contributed by atoms with E-state index in [1.165, 1.54) is 0 Å². The summed E-state index contributed by atoms with van der Waals surface area (Å²) in [6.07, 6.45) is 4.32. The monoisotopic (exact) mass is 374 g/mol. The molecule has 1 N–H and O–H groups in total. The zero-order chi connectivity index (χ0) is 19.4. The Labute approximate surface area is 164 Å². The molecule has 0 aliphatic carbocycles. The second-order valence-electron chi connectivity index (χ2n) is 6.65. The fraction of sp³-hybridized carbons (Fsp3) is 0.167. The van der Waals surface area contributed by atoms with Crippen molar-refractivity contribution in [2.24, 2.45) is 0 Å². The third-order valence-corrected chi connectivity index (χ3v) is 4.94. The molecule has 4 rings (SSSR count). The van der Waals surface area contributed by atoms with Gasteiger partial charge in [-0.15, -0.1) is 0 Å². The molecular formula is C24H22O4. The number of ether oxygens (including phenoxy) is 3. The van der Waals surface area contributed by atoms with Crippen LogP contribution in [0.1, 0.15) is 23.1 Å². The van der Waals surface area contributed by atoms with Crippen LogP contribution >= 0.6 is 0 Å². The van der Waals surface area contributed by atoms with Crippen LogP contribution in [0.3, 0.4) is 0 Å². The van der Waals surface area contributed by atoms with Crippen molar-refractivity contribution in [3.05, 3.63) is 95.6 Å². The van der Waals surface area contributed by atoms with E-state index in [-0.39, 0.29) is 6.79 Å². The minimum Gasteiger partial charge on any atom is -0.496 e. The summed E-state index contributed by atoms with van der Waals surface area (Å²) in [7, 11) is 1.62. The van der Waals surface area contributed by atoms with E-state index >= 15 is 0 Å². The van der Waals surface area contributed by atoms with Crippen LogP contribution in [0.2, 0.25) is 0 Å². The summed E-state index contributed by atoms with van der Waals surface area (Å²) in [6, 6.07) is 23.1. The molecule has 0 spiro atoms. The number of aliphatic hydroxyl groups is 1. The first kappa shape index (κ1) is 18.1. The molecule has 0 atom stereocenters. The minimum atomic E-state index is -1.12. The van der Waals surface area contributed by atoms with Crippen molar-refractivity contribution in [1.29, 1.82) is 0 Å². The van der Waals surface area contributed by atoms with E-state index in [0.29, 0.717) is 23.7 Å². The van der Waals surface area contributed by atoms with Gasteiger partial charge in [-0.25, -0.2) is 0 Å². The fourth-order valence-corrected chi connectivity index (χ4v) is 3.43. The summed E-state index contributed by atoms with van der Waals surface area (Å²) < 4.78 is 16.3. The Morgan fingerprint density at radius 3 is 2.07 bits per heavy atom. The van der Waals surface area contributed by atoms with Gasteiger partial charge in [0.05, 0.1) is 7.11 Å². The zero-order valence-electron chi connectivity index (χ0n) is 15.7. The first-order valence-electron chi connectivity index (χ1n) is 9.18. The molecule has 1 aliphatic heterocycles. The van der Waals surface area contributed by atoms with Gasteiger partial charge in [0.25, 0.3) is 0 Å². The standard InChI is InChI=1S/C24H22O4/c1-26-21-16-23-22(27-17-28-23)15-18(21)9-8-14-24(25,19-10-4-2-5-11-19)20-12-6-3-7-13-20/h2-13,15-16,25H,14,17H2,1H3. The molecule has 0 unspecified atom stereocenters. The fourth-order valence-electron chi connectivity index (χ4n) is 3.43. The van der Waals surface area contributed by atoms with Crippen molar-refractivity contribution in [2.75, 3.05) is 13.9 Å². The molecule has 4 nitrogen and oxygen atoms in total. The summed E-state index contributed by atoms with van der Waals surface area (Å²) in [6.45, 7) is 0.216. The summed E-state index contributed by atoms with van der Waals surface area (Å²) in [5.41, 5.74) is 1.45. The highest BCUT2D eigenvalue weighted by Gasteiger charge is 2.30. The molecule has 1 heterocycles. The molecule has 4 heteroatoms. The maximum atomic E-state index is 11.6. The molecule has 3 aromatic carbocycles. The van der Waals surface area contributed by atoms with Crippen LogP contribution in [0, 0.1) is 0 Å². The van der Waals surface area contributed by atoms with Crippen LogP contribution in [0.15, 0.2) is 78.9 Å². The second-order valence-corrected chi connectivity index (χ2v) is 6.65. The Bertz CT molecular complexity index is 925. The van der Waals surface area contributed by atoms with Crippen LogP contribution in [-0.4, -0.2) is 19.0 Å². The largest absolute Gasteiger partial charge is 0.496 e. The van der Waals surface area contributed by atoms with Crippen molar-refractivity contribution >= 4 is 6.08 Å². The number of methoxy groups -OCH3 is 1. The van der Waals surface area contributed by atoms with E-state index in [1.54, 1.807) is 7.11 Å². The number of benzene rings is 3. The predicted molar refractivity (Wildman–Crippen MR) is 109 cm³/mol. The SMILES string of the molecule is COc1cc2c(cc1C=CCC(O)(c1ccccc1)c1ccccc1)OCO2. The maximum absolute atomic E-state index is 11.6. The van der Waals surface area contributed by atoms with Gasteiger partial charge in [0.1, 0.15) is 11.4 Å². The average molecular weight is 374 g/mol. The summed E-state index contributed by atoms with van der Waals surface area (Å²) >= 11 is 0. The Kier molecular flexibility index (Phi) is 5.04. The van der Waals surface area contributed by atoms with Crippen LogP contribution in [0.25, 0.3) is 6.08 Å². The molecule has 0 aromatic heterocycles. The van der Waals surface area contributed by atoms with Gasteiger partial charge in [0.2, 0.25) is 6.79 Å². The van der Waals surface area contributed by atoms with Gasteiger partial charge in [-0.1, -0.05) is 72.8 Å². The van der Waals surface area contributed by atoms with E-state index in [0.717, 1.165) is 16.7 Å². The lowest BCUT2D eigenvalue weighted by atomic mass is 9.83. The van der Waals surface area contributed by atoms with Crippen molar-refractivity contribution in [3.8, 4) is 17.2 Å². The van der Waals surface area contributed by atoms with Crippen molar-refractivity contribution in [1.82, 2.24) is 0 Å². The molecule has 28 heavy (non-hydrogen) atoms. The van der Waals surface area contributed by atoms with Crippen molar-refractivity contribution in [2.45, 2.75) is 12.0 Å². The Morgan fingerprint density at radius 2 is 1.50 bits per heavy atom. The van der Waals surface area contributed by atoms with Crippen molar-refractivity contribution < 1.29 is 19.3 Å². The zero-order valence-corrected chi connectivity index (χ0v) is 15.7. The van der Waals surface area contributed by atoms with Gasteiger partial charge in [0, 0.05) is 18.1 Å². The molecule has 0 amide bonds. The normalized spacial score (nSPS) is 13.1. The molecule has 0 saturated heterocycles. The Hall–Kier alpha value is -3.24. The highest BCUT2D eigenvalue weighted by molar-refractivity contribution is 5.64. The van der Waals surface area contributed by atoms with Gasteiger partial charge in [-0.2, -0.15) is 0 Å². The third-order valence-electron chi connectivity index (χ3n) is 4.94. The predicted octanol–water partition coefficient (Wildman–Crippen LogP) is 4.76. The molecule has 0 radical (unpaired) electrons. The topological polar surface area (TPSA) is 47.9 Å². The first-order valence-corrected chi connectivity index (χ1v) is 9.18. The van der Waals surface area contributed by atoms with Gasteiger partial charge in [-0.3, -0.25) is 0 Å². The second kappa shape index (κ2) is 7.79. The van der Waals surface area contributed by atoms with Gasteiger partial charge in [0.15, 0.2) is 11.5 Å². The average Bonchev–Trinajstić information content (AvgIpc) is 3.21. The smallest absolute Gasteiger partial charge is 0.231 e. The maximum Gasteiger partial charge on any atom is 0.231 e. The number of hydrogen-bond acceptors (Lipinski definition) is 4. The number of fused-ring (bicyclic) bond motifs is 1. The highest BCUT2D eigenvalue weighted by atomic mass is 16.7. The highest BCUT2D eigenvalue weighted by Crippen LogP contribution is 2.39. The lowest BCUT2D eigenvalue weighted by Gasteiger charge is -2.28. The number of rotatable bonds is 6. The third kappa shape index (κ3) is 3.47. The van der Waals surface area contributed by atoms with E-state index in [2.05, 4.69) is 0 Å². The lowest BCUT2D eigenvalue weighted by Crippen LogP contribution is -2.26. The van der Waals surface area contributed by atoms with E-state index < -0.39 is 5.60 Å². The Morgan fingerprint density at radius 1 is 0.929 bits per heavy atom. The minimum absolute atomic E-state index is 0.216. The van der Waals surface area contributed by atoms with Crippen LogP contribution in [0.5, 0.6) is 17.2 Å². The molecule has 0 fully saturated rings. The van der Waals surface area contributed by atoms with E-state index in [4.69, 9.17) is 14.2 Å². The molecule has 0 bridgehead atoms. The van der Waals surface area contributed by atoms with Crippen LogP contribution in [-0.2, 0) is 5.60 Å². The van der Waals surface area contributed by atoms with Crippen LogP contribution < -0.4 is 14.2 Å². The molecular weight excluding hydrogens is 352 g/mol. The molecule has 142 valence electrons. The molecule has 1 aliphatic rings. The Balaban J connectivity index is 1.66. The van der Waals surface area contributed by atoms with Gasteiger partial charge < -0.3 is 19.3 Å². The van der Waals surface area contributed by atoms with E-state index in [9.17, 15) is 5.11 Å². The lowest BCUT2D eigenvalue weighted by molar-refractivity contribution is 0.0843. The van der Waals surface area contributed by atoms with E-state index in [1.807, 2.05) is 84.9 Å². The van der Waals surface area contributed by atoms with Crippen molar-refractivity contribution in [3.63, 3.8) is 0 Å². The summed E-state index contributed by atoms with van der Waals surface area (Å²) in [4.78, 5) is 0.